The van der Waals surface area contributed by atoms with Crippen molar-refractivity contribution in [1.29, 1.82) is 0 Å². The van der Waals surface area contributed by atoms with Crippen LogP contribution in [0.4, 0.5) is 15.8 Å². The quantitative estimate of drug-likeness (QED) is 0.486. The number of likely N-dealkylation sites (N-methyl/N-ethyl adjacent to an activating group) is 1. The molecule has 0 atom stereocenters. The highest BCUT2D eigenvalue weighted by molar-refractivity contribution is 6.01. The molecule has 0 aliphatic carbocycles. The van der Waals surface area contributed by atoms with Crippen molar-refractivity contribution in [3.63, 3.8) is 0 Å². The predicted molar refractivity (Wildman–Crippen MR) is 77.6 cm³/mol. The number of hydrogen-bond donors (Lipinski definition) is 2. The molecule has 0 heterocycles. The summed E-state index contributed by atoms with van der Waals surface area (Å²) in [5.41, 5.74) is 3.71. The summed E-state index contributed by atoms with van der Waals surface area (Å²) in [6, 6.07) is 1.80. The number of nitrogen functional groups attached to an aromatic ring is 1. The lowest BCUT2D eigenvalue weighted by Gasteiger charge is -2.32. The first-order chi connectivity index (χ1) is 9.58. The van der Waals surface area contributed by atoms with Crippen LogP contribution in [-0.4, -0.2) is 41.9 Å². The maximum absolute atomic E-state index is 13.7. The Labute approximate surface area is 122 Å². The number of hydrogen-bond acceptors (Lipinski definition) is 5. The van der Waals surface area contributed by atoms with Gasteiger partial charge in [0.15, 0.2) is 0 Å². The first kappa shape index (κ1) is 16.8. The summed E-state index contributed by atoms with van der Waals surface area (Å²) in [4.78, 5) is 24.0. The van der Waals surface area contributed by atoms with Gasteiger partial charge in [0.1, 0.15) is 17.1 Å². The molecule has 0 spiro atoms. The van der Waals surface area contributed by atoms with Gasteiger partial charge in [-0.25, -0.2) is 4.39 Å². The maximum Gasteiger partial charge on any atom is 0.293 e. The van der Waals surface area contributed by atoms with E-state index in [2.05, 4.69) is 5.32 Å². The molecule has 7 nitrogen and oxygen atoms in total. The fourth-order valence-corrected chi connectivity index (χ4v) is 1.51. The van der Waals surface area contributed by atoms with Crippen molar-refractivity contribution in [2.24, 2.45) is 0 Å². The van der Waals surface area contributed by atoms with Crippen LogP contribution in [0.5, 0.6) is 0 Å². The fraction of sp³-hybridized carbons (Fsp3) is 0.462. The molecule has 0 saturated carbocycles. The first-order valence-electron chi connectivity index (χ1n) is 6.26. The van der Waals surface area contributed by atoms with Crippen molar-refractivity contribution in [1.82, 2.24) is 10.2 Å². The summed E-state index contributed by atoms with van der Waals surface area (Å²) in [6.45, 7) is 4.02. The average molecular weight is 298 g/mol. The maximum atomic E-state index is 13.7. The van der Waals surface area contributed by atoms with E-state index in [-0.39, 0.29) is 12.1 Å². The van der Waals surface area contributed by atoms with E-state index in [1.165, 1.54) is 0 Å². The Morgan fingerprint density at radius 2 is 2.05 bits per heavy atom. The van der Waals surface area contributed by atoms with Crippen LogP contribution in [0.2, 0.25) is 0 Å². The largest absolute Gasteiger partial charge is 0.392 e. The smallest absolute Gasteiger partial charge is 0.293 e. The monoisotopic (exact) mass is 298 g/mol. The van der Waals surface area contributed by atoms with Crippen molar-refractivity contribution in [3.05, 3.63) is 33.6 Å². The van der Waals surface area contributed by atoms with E-state index in [9.17, 15) is 19.3 Å². The highest BCUT2D eigenvalue weighted by atomic mass is 19.1. The third kappa shape index (κ3) is 3.66. The van der Waals surface area contributed by atoms with Crippen LogP contribution in [0.25, 0.3) is 0 Å². The summed E-state index contributed by atoms with van der Waals surface area (Å²) in [6.07, 6.45) is 0. The van der Waals surface area contributed by atoms with Gasteiger partial charge in [0.05, 0.1) is 4.92 Å². The van der Waals surface area contributed by atoms with Crippen molar-refractivity contribution in [3.8, 4) is 0 Å². The highest BCUT2D eigenvalue weighted by Gasteiger charge is 2.26. The second-order valence-electron chi connectivity index (χ2n) is 5.50. The molecule has 1 rings (SSSR count). The molecule has 0 aliphatic heterocycles. The summed E-state index contributed by atoms with van der Waals surface area (Å²) in [5.74, 6) is -1.66. The summed E-state index contributed by atoms with van der Waals surface area (Å²) < 4.78 is 13.7. The highest BCUT2D eigenvalue weighted by Crippen LogP contribution is 2.27. The molecule has 3 N–H and O–H groups in total. The third-order valence-electron chi connectivity index (χ3n) is 3.49. The Morgan fingerprint density at radius 3 is 2.52 bits per heavy atom. The van der Waals surface area contributed by atoms with Crippen LogP contribution < -0.4 is 11.1 Å². The normalized spacial score (nSPS) is 11.5. The van der Waals surface area contributed by atoms with Crippen LogP contribution >= 0.6 is 0 Å². The van der Waals surface area contributed by atoms with Crippen molar-refractivity contribution >= 4 is 17.3 Å². The second-order valence-corrected chi connectivity index (χ2v) is 5.50. The van der Waals surface area contributed by atoms with Gasteiger partial charge in [-0.05, 0) is 34.0 Å². The lowest BCUT2D eigenvalue weighted by molar-refractivity contribution is -0.384. The summed E-state index contributed by atoms with van der Waals surface area (Å²) in [7, 11) is 3.68. The molecular weight excluding hydrogens is 279 g/mol. The minimum atomic E-state index is -0.891. The van der Waals surface area contributed by atoms with Crippen molar-refractivity contribution in [2.45, 2.75) is 19.4 Å². The Balaban J connectivity index is 3.03. The fourth-order valence-electron chi connectivity index (χ4n) is 1.51. The number of nitrogens with two attached hydrogens (primary N) is 1. The van der Waals surface area contributed by atoms with Crippen molar-refractivity contribution < 1.29 is 14.1 Å². The molecule has 0 aromatic heterocycles. The van der Waals surface area contributed by atoms with E-state index in [0.717, 1.165) is 12.1 Å². The first-order valence-corrected chi connectivity index (χ1v) is 6.26. The van der Waals surface area contributed by atoms with E-state index < -0.39 is 33.6 Å². The average Bonchev–Trinajstić information content (AvgIpc) is 2.35. The van der Waals surface area contributed by atoms with Gasteiger partial charge in [-0.1, -0.05) is 0 Å². The van der Waals surface area contributed by atoms with Crippen LogP contribution in [0.3, 0.4) is 0 Å². The Bertz CT molecular complexity index is 573. The molecule has 116 valence electrons. The van der Waals surface area contributed by atoms with Gasteiger partial charge in [-0.3, -0.25) is 14.9 Å². The molecule has 0 bridgehead atoms. The number of carbonyl (C=O) groups is 1. The minimum absolute atomic E-state index is 0.237. The van der Waals surface area contributed by atoms with E-state index in [1.807, 2.05) is 32.8 Å². The topological polar surface area (TPSA) is 102 Å². The van der Waals surface area contributed by atoms with Crippen LogP contribution in [0.1, 0.15) is 24.2 Å². The second kappa shape index (κ2) is 6.04. The number of nitrogens with one attached hydrogen (secondary N) is 1. The zero-order chi connectivity index (χ0) is 16.4. The van der Waals surface area contributed by atoms with E-state index >= 15 is 0 Å². The number of rotatable bonds is 5. The zero-order valence-corrected chi connectivity index (χ0v) is 12.4. The molecule has 0 radical (unpaired) electrons. The molecule has 0 aliphatic rings. The molecule has 8 heteroatoms. The number of nitro groups is 1. The number of nitro benzene ring substituents is 1. The van der Waals surface area contributed by atoms with E-state index in [0.29, 0.717) is 0 Å². The van der Waals surface area contributed by atoms with E-state index in [4.69, 9.17) is 5.73 Å². The predicted octanol–water partition coefficient (Wildman–Crippen LogP) is 1.39. The number of halogens is 1. The molecular formula is C13H19FN4O3. The number of carbonyl (C=O) groups excluding carboxylic acids is 1. The number of nitrogens with zero attached hydrogens (tertiary/aromatic N) is 2. The van der Waals surface area contributed by atoms with E-state index in [1.54, 1.807) is 0 Å². The molecule has 1 aromatic rings. The molecule has 1 amide bonds. The SMILES string of the molecule is CN(C)C(C)(C)CNC(=O)c1c(F)ccc([N+](=O)[O-])c1N. The standard InChI is InChI=1S/C13H19FN4O3/c1-13(2,17(3)4)7-16-12(19)10-8(14)5-6-9(11(10)15)18(20)21/h5-6H,7,15H2,1-4H3,(H,16,19). The van der Waals surface area contributed by atoms with Gasteiger partial charge in [-0.2, -0.15) is 0 Å². The van der Waals surface area contributed by atoms with Gasteiger partial charge in [-0.15, -0.1) is 0 Å². The van der Waals surface area contributed by atoms with Gasteiger partial charge in [0.25, 0.3) is 11.6 Å². The zero-order valence-electron chi connectivity index (χ0n) is 12.4. The van der Waals surface area contributed by atoms with Gasteiger partial charge in [0, 0.05) is 18.2 Å². The van der Waals surface area contributed by atoms with Crippen LogP contribution in [-0.2, 0) is 0 Å². The van der Waals surface area contributed by atoms with Gasteiger partial charge in [0.2, 0.25) is 0 Å². The molecule has 0 saturated heterocycles. The molecule has 21 heavy (non-hydrogen) atoms. The van der Waals surface area contributed by atoms with Crippen LogP contribution in [0, 0.1) is 15.9 Å². The molecule has 1 aromatic carbocycles. The third-order valence-corrected chi connectivity index (χ3v) is 3.49. The number of anilines is 1. The number of amides is 1. The Hall–Kier alpha value is -2.22. The summed E-state index contributed by atoms with van der Waals surface area (Å²) >= 11 is 0. The minimum Gasteiger partial charge on any atom is -0.392 e. The van der Waals surface area contributed by atoms with Gasteiger partial charge >= 0.3 is 0 Å². The Morgan fingerprint density at radius 1 is 1.48 bits per heavy atom. The Kier molecular flexibility index (Phi) is 4.84. The molecule has 0 unspecified atom stereocenters. The lowest BCUT2D eigenvalue weighted by atomic mass is 10.0. The summed E-state index contributed by atoms with van der Waals surface area (Å²) in [5, 5.41) is 13.3. The lowest BCUT2D eigenvalue weighted by Crippen LogP contribution is -2.48. The van der Waals surface area contributed by atoms with Crippen molar-refractivity contribution in [2.75, 3.05) is 26.4 Å². The van der Waals surface area contributed by atoms with Crippen LogP contribution in [0.15, 0.2) is 12.1 Å². The van der Waals surface area contributed by atoms with Gasteiger partial charge < -0.3 is 16.0 Å². The molecule has 0 fully saturated rings. The number of benzene rings is 1.